The van der Waals surface area contributed by atoms with Gasteiger partial charge in [0.25, 0.3) is 0 Å². The topological polar surface area (TPSA) is 26.3 Å². The predicted octanol–water partition coefficient (Wildman–Crippen LogP) is 2.97. The Bertz CT molecular complexity index is 352. The van der Waals surface area contributed by atoms with Gasteiger partial charge in [-0.25, -0.2) is 4.39 Å². The standard InChI is InChI=1S/C11H12ClFO2/c1-2-15-11(14)6-4-8-3-5-10(13)9(12)7-8/h3,5,7H,2,4,6H2,1H3. The molecule has 1 aromatic carbocycles. The van der Waals surface area contributed by atoms with Crippen LogP contribution < -0.4 is 0 Å². The number of carbonyl (C=O) groups is 1. The van der Waals surface area contributed by atoms with E-state index < -0.39 is 5.82 Å². The molecule has 0 saturated heterocycles. The van der Waals surface area contributed by atoms with E-state index in [0.717, 1.165) is 5.56 Å². The minimum absolute atomic E-state index is 0.0800. The normalized spacial score (nSPS) is 10.1. The summed E-state index contributed by atoms with van der Waals surface area (Å²) in [5, 5.41) is 0.0800. The largest absolute Gasteiger partial charge is 0.466 e. The van der Waals surface area contributed by atoms with Gasteiger partial charge in [-0.2, -0.15) is 0 Å². The van der Waals surface area contributed by atoms with E-state index in [1.54, 1.807) is 13.0 Å². The molecule has 0 aliphatic rings. The van der Waals surface area contributed by atoms with Crippen molar-refractivity contribution in [2.75, 3.05) is 6.61 Å². The Morgan fingerprint density at radius 1 is 1.53 bits per heavy atom. The lowest BCUT2D eigenvalue weighted by molar-refractivity contribution is -0.143. The van der Waals surface area contributed by atoms with Gasteiger partial charge in [-0.1, -0.05) is 17.7 Å². The van der Waals surface area contributed by atoms with E-state index in [1.165, 1.54) is 12.1 Å². The average molecular weight is 231 g/mol. The fraction of sp³-hybridized carbons (Fsp3) is 0.364. The zero-order valence-corrected chi connectivity index (χ0v) is 9.18. The Hall–Kier alpha value is -1.09. The van der Waals surface area contributed by atoms with Gasteiger partial charge in [0.2, 0.25) is 0 Å². The summed E-state index contributed by atoms with van der Waals surface area (Å²) in [5.74, 6) is -0.700. The van der Waals surface area contributed by atoms with Gasteiger partial charge in [0.1, 0.15) is 5.82 Å². The van der Waals surface area contributed by atoms with Crippen molar-refractivity contribution in [3.63, 3.8) is 0 Å². The third-order valence-corrected chi connectivity index (χ3v) is 2.20. The van der Waals surface area contributed by atoms with Crippen LogP contribution in [0.25, 0.3) is 0 Å². The van der Waals surface area contributed by atoms with Gasteiger partial charge in [0, 0.05) is 6.42 Å². The number of rotatable bonds is 4. The van der Waals surface area contributed by atoms with Gasteiger partial charge in [-0.3, -0.25) is 4.79 Å². The van der Waals surface area contributed by atoms with Crippen LogP contribution in [0.3, 0.4) is 0 Å². The summed E-state index contributed by atoms with van der Waals surface area (Å²) in [7, 11) is 0. The van der Waals surface area contributed by atoms with Crippen molar-refractivity contribution < 1.29 is 13.9 Å². The summed E-state index contributed by atoms with van der Waals surface area (Å²) in [6, 6.07) is 4.43. The van der Waals surface area contributed by atoms with Crippen molar-refractivity contribution in [1.82, 2.24) is 0 Å². The molecule has 0 heterocycles. The smallest absolute Gasteiger partial charge is 0.306 e. The van der Waals surface area contributed by atoms with Gasteiger partial charge in [0.15, 0.2) is 0 Å². The molecule has 1 rings (SSSR count). The number of halogens is 2. The van der Waals surface area contributed by atoms with Gasteiger partial charge in [-0.15, -0.1) is 0 Å². The van der Waals surface area contributed by atoms with E-state index in [0.29, 0.717) is 13.0 Å². The number of ether oxygens (including phenoxy) is 1. The van der Waals surface area contributed by atoms with Crippen molar-refractivity contribution in [3.05, 3.63) is 34.6 Å². The molecule has 0 N–H and O–H groups in total. The Morgan fingerprint density at radius 2 is 2.27 bits per heavy atom. The van der Waals surface area contributed by atoms with Crippen LogP contribution in [-0.2, 0) is 16.0 Å². The van der Waals surface area contributed by atoms with Crippen LogP contribution in [-0.4, -0.2) is 12.6 Å². The highest BCUT2D eigenvalue weighted by Gasteiger charge is 2.04. The molecule has 0 radical (unpaired) electrons. The van der Waals surface area contributed by atoms with E-state index in [9.17, 15) is 9.18 Å². The molecule has 0 saturated carbocycles. The Kier molecular flexibility index (Phi) is 4.56. The summed E-state index contributed by atoms with van der Waals surface area (Å²) < 4.78 is 17.6. The number of aryl methyl sites for hydroxylation is 1. The highest BCUT2D eigenvalue weighted by atomic mass is 35.5. The Balaban J connectivity index is 2.51. The molecule has 82 valence electrons. The maximum Gasteiger partial charge on any atom is 0.306 e. The van der Waals surface area contributed by atoms with Crippen molar-refractivity contribution in [1.29, 1.82) is 0 Å². The molecule has 0 aliphatic carbocycles. The van der Waals surface area contributed by atoms with Crippen molar-refractivity contribution in [2.45, 2.75) is 19.8 Å². The third kappa shape index (κ3) is 3.88. The van der Waals surface area contributed by atoms with E-state index in [2.05, 4.69) is 0 Å². The second-order valence-corrected chi connectivity index (χ2v) is 3.46. The van der Waals surface area contributed by atoms with E-state index in [1.807, 2.05) is 0 Å². The molecule has 1 aromatic rings. The molecule has 0 amide bonds. The second kappa shape index (κ2) is 5.71. The molecule has 0 fully saturated rings. The van der Waals surface area contributed by atoms with Crippen LogP contribution in [0.15, 0.2) is 18.2 Å². The SMILES string of the molecule is CCOC(=O)CCc1ccc(F)c(Cl)c1. The van der Waals surface area contributed by atoms with E-state index in [-0.39, 0.29) is 17.4 Å². The highest BCUT2D eigenvalue weighted by Crippen LogP contribution is 2.17. The molecule has 2 nitrogen and oxygen atoms in total. The maximum absolute atomic E-state index is 12.8. The van der Waals surface area contributed by atoms with E-state index >= 15 is 0 Å². The first-order valence-electron chi connectivity index (χ1n) is 4.73. The number of hydrogen-bond donors (Lipinski definition) is 0. The average Bonchev–Trinajstić information content (AvgIpc) is 2.20. The summed E-state index contributed by atoms with van der Waals surface area (Å²) >= 11 is 5.60. The first kappa shape index (κ1) is 12.0. The molecule has 0 aliphatic heterocycles. The lowest BCUT2D eigenvalue weighted by Gasteiger charge is -2.03. The lowest BCUT2D eigenvalue weighted by atomic mass is 10.1. The Labute approximate surface area is 93.0 Å². The van der Waals surface area contributed by atoms with Gasteiger partial charge < -0.3 is 4.74 Å². The minimum atomic E-state index is -0.448. The minimum Gasteiger partial charge on any atom is -0.466 e. The molecule has 0 unspecified atom stereocenters. The summed E-state index contributed by atoms with van der Waals surface area (Å²) in [5.41, 5.74) is 0.828. The van der Waals surface area contributed by atoms with Crippen LogP contribution in [0.4, 0.5) is 4.39 Å². The maximum atomic E-state index is 12.8. The number of benzene rings is 1. The summed E-state index contributed by atoms with van der Waals surface area (Å²) in [6.07, 6.45) is 0.800. The second-order valence-electron chi connectivity index (χ2n) is 3.05. The van der Waals surface area contributed by atoms with Gasteiger partial charge in [-0.05, 0) is 31.0 Å². The fourth-order valence-corrected chi connectivity index (χ4v) is 1.38. The lowest BCUT2D eigenvalue weighted by Crippen LogP contribution is -2.05. The van der Waals surface area contributed by atoms with Crippen LogP contribution >= 0.6 is 11.6 Å². The van der Waals surface area contributed by atoms with Crippen LogP contribution in [0, 0.1) is 5.82 Å². The quantitative estimate of drug-likeness (QED) is 0.744. The molecule has 0 bridgehead atoms. The molecular formula is C11H12ClFO2. The Morgan fingerprint density at radius 3 is 2.87 bits per heavy atom. The molecule has 0 spiro atoms. The van der Waals surface area contributed by atoms with Crippen molar-refractivity contribution in [2.24, 2.45) is 0 Å². The molecular weight excluding hydrogens is 219 g/mol. The van der Waals surface area contributed by atoms with Gasteiger partial charge >= 0.3 is 5.97 Å². The molecule has 4 heteroatoms. The zero-order chi connectivity index (χ0) is 11.3. The van der Waals surface area contributed by atoms with Crippen LogP contribution in [0.5, 0.6) is 0 Å². The fourth-order valence-electron chi connectivity index (χ4n) is 1.17. The zero-order valence-electron chi connectivity index (χ0n) is 8.43. The first-order valence-corrected chi connectivity index (χ1v) is 5.11. The molecule has 15 heavy (non-hydrogen) atoms. The number of carbonyl (C=O) groups excluding carboxylic acids is 1. The summed E-state index contributed by atoms with van der Waals surface area (Å²) in [6.45, 7) is 2.13. The van der Waals surface area contributed by atoms with Crippen LogP contribution in [0.1, 0.15) is 18.9 Å². The van der Waals surface area contributed by atoms with Crippen molar-refractivity contribution >= 4 is 17.6 Å². The van der Waals surface area contributed by atoms with Gasteiger partial charge in [0.05, 0.1) is 11.6 Å². The molecule has 0 aromatic heterocycles. The van der Waals surface area contributed by atoms with Crippen molar-refractivity contribution in [3.8, 4) is 0 Å². The predicted molar refractivity (Wildman–Crippen MR) is 56.4 cm³/mol. The third-order valence-electron chi connectivity index (χ3n) is 1.91. The first-order chi connectivity index (χ1) is 7.13. The number of esters is 1. The number of hydrogen-bond acceptors (Lipinski definition) is 2. The van der Waals surface area contributed by atoms with Crippen LogP contribution in [0.2, 0.25) is 5.02 Å². The molecule has 0 atom stereocenters. The summed E-state index contributed by atoms with van der Waals surface area (Å²) in [4.78, 5) is 11.0. The highest BCUT2D eigenvalue weighted by molar-refractivity contribution is 6.30. The monoisotopic (exact) mass is 230 g/mol. The van der Waals surface area contributed by atoms with E-state index in [4.69, 9.17) is 16.3 Å².